The van der Waals surface area contributed by atoms with Crippen molar-refractivity contribution in [3.8, 4) is 0 Å². The first-order valence-corrected chi connectivity index (χ1v) is 8.02. The van der Waals surface area contributed by atoms with Crippen molar-refractivity contribution in [3.63, 3.8) is 0 Å². The first-order chi connectivity index (χ1) is 10.7. The number of hydrogen-bond acceptors (Lipinski definition) is 5. The highest BCUT2D eigenvalue weighted by molar-refractivity contribution is 7.19. The standard InChI is InChI=1S/C16H16N2O3S/c19-15(18-9-3-4-10-18)11-21-16(20)8-7-14-17-12-5-1-2-6-13(12)22-14/h1-2,5-8H,3-4,9-11H2. The van der Waals surface area contributed by atoms with Gasteiger partial charge in [0.15, 0.2) is 6.61 Å². The summed E-state index contributed by atoms with van der Waals surface area (Å²) in [5.41, 5.74) is 0.907. The number of hydrogen-bond donors (Lipinski definition) is 0. The third kappa shape index (κ3) is 3.51. The first-order valence-electron chi connectivity index (χ1n) is 7.20. The minimum absolute atomic E-state index is 0.126. The van der Waals surface area contributed by atoms with E-state index in [2.05, 4.69) is 4.98 Å². The third-order valence-corrected chi connectivity index (χ3v) is 4.47. The van der Waals surface area contributed by atoms with Crippen LogP contribution in [0.1, 0.15) is 17.8 Å². The van der Waals surface area contributed by atoms with Gasteiger partial charge in [-0.05, 0) is 31.1 Å². The molecule has 1 saturated heterocycles. The van der Waals surface area contributed by atoms with Crippen LogP contribution in [0.4, 0.5) is 0 Å². The van der Waals surface area contributed by atoms with Gasteiger partial charge in [0, 0.05) is 19.2 Å². The molecule has 0 aliphatic carbocycles. The zero-order valence-corrected chi connectivity index (χ0v) is 12.8. The number of rotatable bonds is 4. The SMILES string of the molecule is O=C(C=Cc1nc2ccccc2s1)OCC(=O)N1CCCC1. The minimum Gasteiger partial charge on any atom is -0.452 e. The lowest BCUT2D eigenvalue weighted by Crippen LogP contribution is -2.31. The van der Waals surface area contributed by atoms with Crippen LogP contribution in [-0.2, 0) is 14.3 Å². The maximum absolute atomic E-state index is 11.8. The van der Waals surface area contributed by atoms with E-state index in [0.717, 1.165) is 41.2 Å². The molecule has 1 aliphatic rings. The number of ether oxygens (including phenoxy) is 1. The second kappa shape index (κ2) is 6.70. The first kappa shape index (κ1) is 14.7. The molecule has 2 aromatic rings. The number of aromatic nitrogens is 1. The molecule has 0 spiro atoms. The molecule has 0 unspecified atom stereocenters. The molecule has 1 aromatic carbocycles. The number of nitrogens with zero attached hydrogens (tertiary/aromatic N) is 2. The Morgan fingerprint density at radius 1 is 1.27 bits per heavy atom. The van der Waals surface area contributed by atoms with E-state index in [-0.39, 0.29) is 12.5 Å². The fourth-order valence-corrected chi connectivity index (χ4v) is 3.21. The zero-order valence-electron chi connectivity index (χ0n) is 12.0. The number of esters is 1. The number of thiazole rings is 1. The highest BCUT2D eigenvalue weighted by atomic mass is 32.1. The molecule has 0 radical (unpaired) electrons. The third-order valence-electron chi connectivity index (χ3n) is 3.47. The fourth-order valence-electron chi connectivity index (χ4n) is 2.34. The van der Waals surface area contributed by atoms with Crippen LogP contribution < -0.4 is 0 Å². The average molecular weight is 316 g/mol. The maximum Gasteiger partial charge on any atom is 0.331 e. The molecule has 1 amide bonds. The Labute approximate surface area is 132 Å². The van der Waals surface area contributed by atoms with Crippen LogP contribution in [0.15, 0.2) is 30.3 Å². The molecule has 114 valence electrons. The molecular weight excluding hydrogens is 300 g/mol. The summed E-state index contributed by atoms with van der Waals surface area (Å²) >= 11 is 1.50. The summed E-state index contributed by atoms with van der Waals surface area (Å²) in [5.74, 6) is -0.647. The van der Waals surface area contributed by atoms with E-state index in [4.69, 9.17) is 4.74 Å². The molecule has 3 rings (SSSR count). The van der Waals surface area contributed by atoms with Crippen LogP contribution in [0.3, 0.4) is 0 Å². The van der Waals surface area contributed by atoms with Gasteiger partial charge in [-0.1, -0.05) is 12.1 Å². The summed E-state index contributed by atoms with van der Waals surface area (Å²) in [4.78, 5) is 29.5. The Morgan fingerprint density at radius 2 is 2.05 bits per heavy atom. The van der Waals surface area contributed by atoms with E-state index in [1.807, 2.05) is 24.3 Å². The summed E-state index contributed by atoms with van der Waals surface area (Å²) < 4.78 is 6.04. The van der Waals surface area contributed by atoms with Crippen molar-refractivity contribution < 1.29 is 14.3 Å². The predicted octanol–water partition coefficient (Wildman–Crippen LogP) is 2.48. The van der Waals surface area contributed by atoms with Crippen molar-refractivity contribution in [2.75, 3.05) is 19.7 Å². The van der Waals surface area contributed by atoms with E-state index in [1.54, 1.807) is 11.0 Å². The van der Waals surface area contributed by atoms with Crippen molar-refractivity contribution in [1.82, 2.24) is 9.88 Å². The van der Waals surface area contributed by atoms with Crippen molar-refractivity contribution in [2.45, 2.75) is 12.8 Å². The van der Waals surface area contributed by atoms with E-state index < -0.39 is 5.97 Å². The second-order valence-electron chi connectivity index (χ2n) is 5.05. The topological polar surface area (TPSA) is 59.5 Å². The molecule has 22 heavy (non-hydrogen) atoms. The monoisotopic (exact) mass is 316 g/mol. The van der Waals surface area contributed by atoms with Crippen molar-refractivity contribution in [1.29, 1.82) is 0 Å². The van der Waals surface area contributed by atoms with Gasteiger partial charge in [-0.25, -0.2) is 9.78 Å². The second-order valence-corrected chi connectivity index (χ2v) is 6.11. The maximum atomic E-state index is 11.8. The summed E-state index contributed by atoms with van der Waals surface area (Å²) in [5, 5.41) is 0.740. The molecule has 1 aliphatic heterocycles. The normalized spacial score (nSPS) is 14.8. The van der Waals surface area contributed by atoms with Crippen LogP contribution in [0.25, 0.3) is 16.3 Å². The van der Waals surface area contributed by atoms with E-state index in [9.17, 15) is 9.59 Å². The summed E-state index contributed by atoms with van der Waals surface area (Å²) in [6.45, 7) is 1.33. The quantitative estimate of drug-likeness (QED) is 0.642. The predicted molar refractivity (Wildman–Crippen MR) is 85.4 cm³/mol. The van der Waals surface area contributed by atoms with Crippen LogP contribution in [-0.4, -0.2) is 41.5 Å². The van der Waals surface area contributed by atoms with Crippen molar-refractivity contribution >= 4 is 39.5 Å². The highest BCUT2D eigenvalue weighted by Crippen LogP contribution is 2.22. The van der Waals surface area contributed by atoms with E-state index >= 15 is 0 Å². The average Bonchev–Trinajstić information content (AvgIpc) is 3.19. The molecule has 2 heterocycles. The lowest BCUT2D eigenvalue weighted by Gasteiger charge is -2.14. The molecule has 1 aromatic heterocycles. The number of amides is 1. The Bertz CT molecular complexity index is 684. The molecule has 5 nitrogen and oxygen atoms in total. The number of carbonyl (C=O) groups is 2. The number of benzene rings is 1. The molecule has 0 atom stereocenters. The number of carbonyl (C=O) groups excluding carboxylic acids is 2. The molecular formula is C16H16N2O3S. The van der Waals surface area contributed by atoms with Crippen molar-refractivity contribution in [2.24, 2.45) is 0 Å². The zero-order chi connectivity index (χ0) is 15.4. The van der Waals surface area contributed by atoms with Gasteiger partial charge in [0.05, 0.1) is 10.2 Å². The minimum atomic E-state index is -0.521. The van der Waals surface area contributed by atoms with Gasteiger partial charge >= 0.3 is 5.97 Å². The van der Waals surface area contributed by atoms with Gasteiger partial charge in [-0.15, -0.1) is 11.3 Å². The fraction of sp³-hybridized carbons (Fsp3) is 0.312. The van der Waals surface area contributed by atoms with E-state index in [1.165, 1.54) is 17.4 Å². The van der Waals surface area contributed by atoms with Gasteiger partial charge in [-0.3, -0.25) is 4.79 Å². The van der Waals surface area contributed by atoms with Gasteiger partial charge in [0.2, 0.25) is 0 Å². The Morgan fingerprint density at radius 3 is 2.82 bits per heavy atom. The largest absolute Gasteiger partial charge is 0.452 e. The molecule has 1 fully saturated rings. The van der Waals surface area contributed by atoms with Gasteiger partial charge < -0.3 is 9.64 Å². The van der Waals surface area contributed by atoms with Crippen LogP contribution in [0.2, 0.25) is 0 Å². The van der Waals surface area contributed by atoms with Gasteiger partial charge in [0.25, 0.3) is 5.91 Å². The van der Waals surface area contributed by atoms with Gasteiger partial charge in [0.1, 0.15) is 5.01 Å². The Kier molecular flexibility index (Phi) is 4.48. The van der Waals surface area contributed by atoms with Crippen molar-refractivity contribution in [3.05, 3.63) is 35.3 Å². The Balaban J connectivity index is 1.53. The van der Waals surface area contributed by atoms with Gasteiger partial charge in [-0.2, -0.15) is 0 Å². The van der Waals surface area contributed by atoms with Crippen LogP contribution in [0.5, 0.6) is 0 Å². The number of likely N-dealkylation sites (tertiary alicyclic amines) is 1. The summed E-state index contributed by atoms with van der Waals surface area (Å²) in [6, 6.07) is 7.79. The summed E-state index contributed by atoms with van der Waals surface area (Å²) in [7, 11) is 0. The molecule has 0 saturated carbocycles. The smallest absolute Gasteiger partial charge is 0.331 e. The summed E-state index contributed by atoms with van der Waals surface area (Å²) in [6.07, 6.45) is 4.98. The highest BCUT2D eigenvalue weighted by Gasteiger charge is 2.18. The lowest BCUT2D eigenvalue weighted by atomic mass is 10.3. The van der Waals surface area contributed by atoms with Crippen LogP contribution >= 0.6 is 11.3 Å². The Hall–Kier alpha value is -2.21. The molecule has 0 bridgehead atoms. The molecule has 6 heteroatoms. The lowest BCUT2D eigenvalue weighted by molar-refractivity contribution is -0.147. The van der Waals surface area contributed by atoms with Crippen LogP contribution in [0, 0.1) is 0 Å². The van der Waals surface area contributed by atoms with E-state index in [0.29, 0.717) is 0 Å². The number of fused-ring (bicyclic) bond motifs is 1. The number of para-hydroxylation sites is 1. The molecule has 0 N–H and O–H groups in total.